The lowest BCUT2D eigenvalue weighted by Gasteiger charge is -2.36. The minimum absolute atomic E-state index is 0.112. The lowest BCUT2D eigenvalue weighted by molar-refractivity contribution is -0.134. The Morgan fingerprint density at radius 1 is 1.00 bits per heavy atom. The fourth-order valence-corrected chi connectivity index (χ4v) is 3.04. The summed E-state index contributed by atoms with van der Waals surface area (Å²) < 4.78 is 31.3. The zero-order chi connectivity index (χ0) is 20.1. The van der Waals surface area contributed by atoms with Crippen LogP contribution in [-0.4, -0.2) is 50.0 Å². The van der Waals surface area contributed by atoms with Crippen molar-refractivity contribution in [2.24, 2.45) is 0 Å². The largest absolute Gasteiger partial charge is 0.497 e. The fourth-order valence-electron chi connectivity index (χ4n) is 3.04. The quantitative estimate of drug-likeness (QED) is 0.799. The van der Waals surface area contributed by atoms with Crippen molar-refractivity contribution in [3.05, 3.63) is 54.1 Å². The molecular formula is C20H21F2N3O3. The molecule has 3 rings (SSSR count). The highest BCUT2D eigenvalue weighted by atomic mass is 19.2. The molecule has 1 saturated heterocycles. The van der Waals surface area contributed by atoms with Gasteiger partial charge in [0.1, 0.15) is 12.2 Å². The summed E-state index contributed by atoms with van der Waals surface area (Å²) in [6, 6.07) is 10.7. The van der Waals surface area contributed by atoms with E-state index < -0.39 is 17.5 Å². The van der Waals surface area contributed by atoms with Crippen LogP contribution in [-0.2, 0) is 9.59 Å². The zero-order valence-electron chi connectivity index (χ0n) is 15.5. The van der Waals surface area contributed by atoms with E-state index in [-0.39, 0.29) is 18.0 Å². The highest BCUT2D eigenvalue weighted by Gasteiger charge is 2.23. The summed E-state index contributed by atoms with van der Waals surface area (Å²) in [7, 11) is 1.61. The van der Waals surface area contributed by atoms with E-state index in [0.29, 0.717) is 26.2 Å². The summed E-state index contributed by atoms with van der Waals surface area (Å²) in [5.74, 6) is -2.13. The molecule has 0 atom stereocenters. The van der Waals surface area contributed by atoms with Gasteiger partial charge in [0.25, 0.3) is 0 Å². The van der Waals surface area contributed by atoms with Crippen LogP contribution in [0.2, 0.25) is 0 Å². The van der Waals surface area contributed by atoms with Crippen LogP contribution in [0.1, 0.15) is 6.42 Å². The molecular weight excluding hydrogens is 368 g/mol. The van der Waals surface area contributed by atoms with Gasteiger partial charge in [0.2, 0.25) is 11.8 Å². The first kappa shape index (κ1) is 19.6. The first-order valence-corrected chi connectivity index (χ1v) is 8.88. The van der Waals surface area contributed by atoms with Crippen LogP contribution in [0.15, 0.2) is 42.5 Å². The third-order valence-corrected chi connectivity index (χ3v) is 4.59. The number of piperazine rings is 1. The van der Waals surface area contributed by atoms with E-state index in [9.17, 15) is 18.4 Å². The number of methoxy groups -OCH3 is 1. The van der Waals surface area contributed by atoms with Gasteiger partial charge in [-0.25, -0.2) is 8.78 Å². The predicted molar refractivity (Wildman–Crippen MR) is 101 cm³/mol. The number of benzene rings is 2. The molecule has 148 valence electrons. The number of nitrogens with one attached hydrogen (secondary N) is 1. The maximum Gasteiger partial charge on any atom is 0.233 e. The molecule has 0 aliphatic carbocycles. The van der Waals surface area contributed by atoms with E-state index in [4.69, 9.17) is 4.74 Å². The van der Waals surface area contributed by atoms with Gasteiger partial charge in [0.05, 0.1) is 7.11 Å². The Morgan fingerprint density at radius 3 is 2.29 bits per heavy atom. The minimum Gasteiger partial charge on any atom is -0.497 e. The number of ether oxygens (including phenoxy) is 1. The van der Waals surface area contributed by atoms with Gasteiger partial charge in [-0.15, -0.1) is 0 Å². The average Bonchev–Trinajstić information content (AvgIpc) is 2.71. The average molecular weight is 389 g/mol. The Hall–Kier alpha value is -3.16. The summed E-state index contributed by atoms with van der Waals surface area (Å²) in [5, 5.41) is 2.41. The number of carbonyl (C=O) groups excluding carboxylic acids is 2. The fraction of sp³-hybridized carbons (Fsp3) is 0.300. The first-order valence-electron chi connectivity index (χ1n) is 8.88. The smallest absolute Gasteiger partial charge is 0.233 e. The minimum atomic E-state index is -1.06. The van der Waals surface area contributed by atoms with Gasteiger partial charge in [-0.1, -0.05) is 0 Å². The molecule has 1 N–H and O–H groups in total. The molecule has 1 aliphatic heterocycles. The molecule has 28 heavy (non-hydrogen) atoms. The lowest BCUT2D eigenvalue weighted by atomic mass is 10.2. The molecule has 2 aromatic rings. The Morgan fingerprint density at radius 2 is 1.68 bits per heavy atom. The van der Waals surface area contributed by atoms with E-state index in [2.05, 4.69) is 10.2 Å². The predicted octanol–water partition coefficient (Wildman–Crippen LogP) is 2.65. The summed E-state index contributed by atoms with van der Waals surface area (Å²) in [5.41, 5.74) is 1.16. The van der Waals surface area contributed by atoms with Crippen LogP contribution in [0, 0.1) is 11.6 Å². The normalized spacial score (nSPS) is 14.0. The summed E-state index contributed by atoms with van der Waals surface area (Å²) >= 11 is 0. The van der Waals surface area contributed by atoms with E-state index in [0.717, 1.165) is 23.6 Å². The van der Waals surface area contributed by atoms with Crippen molar-refractivity contribution in [3.63, 3.8) is 0 Å². The number of hydrogen-bond acceptors (Lipinski definition) is 4. The molecule has 0 radical (unpaired) electrons. The molecule has 6 nitrogen and oxygen atoms in total. The second-order valence-electron chi connectivity index (χ2n) is 6.42. The van der Waals surface area contributed by atoms with Crippen molar-refractivity contribution in [1.29, 1.82) is 0 Å². The Kier molecular flexibility index (Phi) is 6.08. The maximum atomic E-state index is 13.2. The van der Waals surface area contributed by atoms with Crippen molar-refractivity contribution < 1.29 is 23.1 Å². The standard InChI is InChI=1S/C20H21F2N3O3/c1-28-16-5-3-15(4-6-16)24-8-10-25(11-9-24)20(27)13-19(26)23-14-2-7-17(21)18(22)12-14/h2-7,12H,8-11,13H2,1H3,(H,23,26). The molecule has 0 spiro atoms. The maximum absolute atomic E-state index is 13.2. The number of hydrogen-bond donors (Lipinski definition) is 1. The Balaban J connectivity index is 1.48. The molecule has 2 amide bonds. The molecule has 0 aromatic heterocycles. The highest BCUT2D eigenvalue weighted by Crippen LogP contribution is 2.21. The first-order chi connectivity index (χ1) is 13.5. The van der Waals surface area contributed by atoms with Gasteiger partial charge in [-0.05, 0) is 36.4 Å². The van der Waals surface area contributed by atoms with Gasteiger partial charge >= 0.3 is 0 Å². The molecule has 1 aliphatic rings. The van der Waals surface area contributed by atoms with E-state index in [1.807, 2.05) is 24.3 Å². The SMILES string of the molecule is COc1ccc(N2CCN(C(=O)CC(=O)Nc3ccc(F)c(F)c3)CC2)cc1. The zero-order valence-corrected chi connectivity index (χ0v) is 15.5. The summed E-state index contributed by atoms with van der Waals surface area (Å²) in [4.78, 5) is 28.1. The summed E-state index contributed by atoms with van der Waals surface area (Å²) in [6.45, 7) is 2.32. The molecule has 1 fully saturated rings. The second-order valence-corrected chi connectivity index (χ2v) is 6.42. The number of anilines is 2. The van der Waals surface area contributed by atoms with Gasteiger partial charge in [-0.2, -0.15) is 0 Å². The number of halogens is 2. The van der Waals surface area contributed by atoms with Crippen molar-refractivity contribution in [2.75, 3.05) is 43.5 Å². The van der Waals surface area contributed by atoms with Crippen LogP contribution < -0.4 is 15.0 Å². The van der Waals surface area contributed by atoms with E-state index in [1.54, 1.807) is 12.0 Å². The topological polar surface area (TPSA) is 61.9 Å². The Labute approximate surface area is 161 Å². The third-order valence-electron chi connectivity index (χ3n) is 4.59. The lowest BCUT2D eigenvalue weighted by Crippen LogP contribution is -2.49. The van der Waals surface area contributed by atoms with Crippen LogP contribution in [0.25, 0.3) is 0 Å². The highest BCUT2D eigenvalue weighted by molar-refractivity contribution is 6.03. The van der Waals surface area contributed by atoms with Crippen molar-refractivity contribution in [3.8, 4) is 5.75 Å². The molecule has 8 heteroatoms. The van der Waals surface area contributed by atoms with Crippen LogP contribution in [0.5, 0.6) is 5.75 Å². The molecule has 2 aromatic carbocycles. The van der Waals surface area contributed by atoms with Gasteiger partial charge < -0.3 is 19.9 Å². The van der Waals surface area contributed by atoms with Gasteiger partial charge in [0, 0.05) is 43.6 Å². The van der Waals surface area contributed by atoms with Crippen molar-refractivity contribution in [1.82, 2.24) is 4.90 Å². The molecule has 0 unspecified atom stereocenters. The van der Waals surface area contributed by atoms with Crippen LogP contribution in [0.4, 0.5) is 20.2 Å². The van der Waals surface area contributed by atoms with Gasteiger partial charge in [-0.3, -0.25) is 9.59 Å². The number of rotatable bonds is 5. The monoisotopic (exact) mass is 389 g/mol. The molecule has 0 bridgehead atoms. The van der Waals surface area contributed by atoms with Crippen molar-refractivity contribution >= 4 is 23.2 Å². The van der Waals surface area contributed by atoms with Crippen molar-refractivity contribution in [2.45, 2.75) is 6.42 Å². The van der Waals surface area contributed by atoms with Crippen LogP contribution in [0.3, 0.4) is 0 Å². The van der Waals surface area contributed by atoms with E-state index >= 15 is 0 Å². The molecule has 0 saturated carbocycles. The van der Waals surface area contributed by atoms with Crippen LogP contribution >= 0.6 is 0 Å². The van der Waals surface area contributed by atoms with E-state index in [1.165, 1.54) is 6.07 Å². The number of carbonyl (C=O) groups is 2. The molecule has 1 heterocycles. The number of amides is 2. The third kappa shape index (κ3) is 4.76. The van der Waals surface area contributed by atoms with Gasteiger partial charge in [0.15, 0.2) is 11.6 Å². The number of nitrogens with zero attached hydrogens (tertiary/aromatic N) is 2. The Bertz CT molecular complexity index is 850. The second kappa shape index (κ2) is 8.69. The summed E-state index contributed by atoms with van der Waals surface area (Å²) in [6.07, 6.45) is -0.346.